The summed E-state index contributed by atoms with van der Waals surface area (Å²) in [6.07, 6.45) is 3.09. The van der Waals surface area contributed by atoms with Gasteiger partial charge < -0.3 is 20.1 Å². The smallest absolute Gasteiger partial charge is 0.317 e. The summed E-state index contributed by atoms with van der Waals surface area (Å²) in [4.78, 5) is 29.2. The first-order valence-electron chi connectivity index (χ1n) is 8.22. The van der Waals surface area contributed by atoms with E-state index in [0.717, 1.165) is 12.0 Å². The SMILES string of the molecule is CCC(C)Oc1cc(CNC(=O)N2CCC(C)(C(=O)O)C2)ccn1. The maximum Gasteiger partial charge on any atom is 0.317 e. The number of hydrogen-bond acceptors (Lipinski definition) is 4. The van der Waals surface area contributed by atoms with Gasteiger partial charge in [0.25, 0.3) is 0 Å². The van der Waals surface area contributed by atoms with Crippen LogP contribution in [0.2, 0.25) is 0 Å². The molecule has 132 valence electrons. The van der Waals surface area contributed by atoms with Crippen molar-refractivity contribution in [2.75, 3.05) is 13.1 Å². The Kier molecular flexibility index (Phi) is 5.64. The van der Waals surface area contributed by atoms with Crippen molar-refractivity contribution < 1.29 is 19.4 Å². The number of amides is 2. The third kappa shape index (κ3) is 4.37. The van der Waals surface area contributed by atoms with E-state index < -0.39 is 11.4 Å². The number of carboxylic acid groups (broad SMARTS) is 1. The fourth-order valence-corrected chi connectivity index (χ4v) is 2.51. The molecule has 0 bridgehead atoms. The number of carbonyl (C=O) groups excluding carboxylic acids is 1. The van der Waals surface area contributed by atoms with Crippen LogP contribution in [-0.2, 0) is 11.3 Å². The minimum absolute atomic E-state index is 0.0839. The van der Waals surface area contributed by atoms with E-state index in [1.165, 1.54) is 0 Å². The first-order chi connectivity index (χ1) is 11.3. The minimum atomic E-state index is -0.862. The number of likely N-dealkylation sites (tertiary alicyclic amines) is 1. The highest BCUT2D eigenvalue weighted by atomic mass is 16.5. The summed E-state index contributed by atoms with van der Waals surface area (Å²) in [5.74, 6) is -0.325. The highest BCUT2D eigenvalue weighted by Crippen LogP contribution is 2.30. The molecule has 0 aliphatic carbocycles. The zero-order valence-corrected chi connectivity index (χ0v) is 14.4. The predicted octanol–water partition coefficient (Wildman–Crippen LogP) is 2.27. The number of hydrogen-bond donors (Lipinski definition) is 2. The largest absolute Gasteiger partial charge is 0.481 e. The van der Waals surface area contributed by atoms with E-state index in [4.69, 9.17) is 4.74 Å². The van der Waals surface area contributed by atoms with Crippen LogP contribution in [0.1, 0.15) is 39.2 Å². The van der Waals surface area contributed by atoms with Crippen molar-refractivity contribution in [1.82, 2.24) is 15.2 Å². The van der Waals surface area contributed by atoms with E-state index in [1.807, 2.05) is 19.9 Å². The summed E-state index contributed by atoms with van der Waals surface area (Å²) in [6.45, 7) is 6.71. The molecule has 2 atom stereocenters. The number of carbonyl (C=O) groups is 2. The Morgan fingerprint density at radius 2 is 2.29 bits per heavy atom. The zero-order chi connectivity index (χ0) is 17.7. The van der Waals surface area contributed by atoms with E-state index in [0.29, 0.717) is 25.4 Å². The second-order valence-electron chi connectivity index (χ2n) is 6.54. The topological polar surface area (TPSA) is 91.8 Å². The van der Waals surface area contributed by atoms with E-state index in [2.05, 4.69) is 10.3 Å². The molecule has 1 aromatic rings. The molecule has 0 aromatic carbocycles. The lowest BCUT2D eigenvalue weighted by Gasteiger charge is -2.20. The van der Waals surface area contributed by atoms with Crippen LogP contribution in [0.25, 0.3) is 0 Å². The van der Waals surface area contributed by atoms with Crippen LogP contribution in [0.3, 0.4) is 0 Å². The van der Waals surface area contributed by atoms with Gasteiger partial charge in [-0.05, 0) is 38.3 Å². The van der Waals surface area contributed by atoms with Crippen LogP contribution in [0, 0.1) is 5.41 Å². The van der Waals surface area contributed by atoms with Gasteiger partial charge in [-0.25, -0.2) is 9.78 Å². The highest BCUT2D eigenvalue weighted by Gasteiger charge is 2.42. The van der Waals surface area contributed by atoms with E-state index in [1.54, 1.807) is 24.1 Å². The molecule has 1 aliphatic rings. The lowest BCUT2D eigenvalue weighted by atomic mass is 9.90. The van der Waals surface area contributed by atoms with E-state index >= 15 is 0 Å². The average molecular weight is 335 g/mol. The number of ether oxygens (including phenoxy) is 1. The van der Waals surface area contributed by atoms with Crippen LogP contribution in [0.15, 0.2) is 18.3 Å². The van der Waals surface area contributed by atoms with Crippen molar-refractivity contribution in [3.8, 4) is 5.88 Å². The molecule has 1 aliphatic heterocycles. The van der Waals surface area contributed by atoms with Crippen molar-refractivity contribution in [2.24, 2.45) is 5.41 Å². The van der Waals surface area contributed by atoms with Gasteiger partial charge in [-0.3, -0.25) is 4.79 Å². The average Bonchev–Trinajstić information content (AvgIpc) is 2.97. The molecule has 2 amide bonds. The van der Waals surface area contributed by atoms with E-state index in [9.17, 15) is 14.7 Å². The molecular formula is C17H25N3O4. The van der Waals surface area contributed by atoms with Crippen LogP contribution in [0.4, 0.5) is 4.79 Å². The van der Waals surface area contributed by atoms with Crippen molar-refractivity contribution in [3.05, 3.63) is 23.9 Å². The van der Waals surface area contributed by atoms with Crippen LogP contribution in [-0.4, -0.2) is 46.2 Å². The van der Waals surface area contributed by atoms with Gasteiger partial charge in [0.05, 0.1) is 11.5 Å². The van der Waals surface area contributed by atoms with Gasteiger partial charge in [-0.2, -0.15) is 0 Å². The molecule has 0 spiro atoms. The van der Waals surface area contributed by atoms with Crippen molar-refractivity contribution in [3.63, 3.8) is 0 Å². The van der Waals surface area contributed by atoms with Gasteiger partial charge in [-0.1, -0.05) is 6.92 Å². The van der Waals surface area contributed by atoms with Crippen LogP contribution in [0.5, 0.6) is 5.88 Å². The number of urea groups is 1. The second-order valence-corrected chi connectivity index (χ2v) is 6.54. The summed E-state index contributed by atoms with van der Waals surface area (Å²) >= 11 is 0. The van der Waals surface area contributed by atoms with Crippen molar-refractivity contribution >= 4 is 12.0 Å². The summed E-state index contributed by atoms with van der Waals surface area (Å²) < 4.78 is 5.66. The maximum absolute atomic E-state index is 12.2. The number of nitrogens with one attached hydrogen (secondary N) is 1. The van der Waals surface area contributed by atoms with E-state index in [-0.39, 0.29) is 18.7 Å². The number of aliphatic carboxylic acids is 1. The summed E-state index contributed by atoms with van der Waals surface area (Å²) in [5.41, 5.74) is 0.0301. The number of pyridine rings is 1. The maximum atomic E-state index is 12.2. The molecule has 0 saturated carbocycles. The minimum Gasteiger partial charge on any atom is -0.481 e. The Labute approximate surface area is 142 Å². The van der Waals surface area contributed by atoms with Gasteiger partial charge in [0.15, 0.2) is 0 Å². The first-order valence-corrected chi connectivity index (χ1v) is 8.22. The quantitative estimate of drug-likeness (QED) is 0.832. The molecule has 1 fully saturated rings. The fraction of sp³-hybridized carbons (Fsp3) is 0.588. The summed E-state index contributed by atoms with van der Waals surface area (Å²) in [7, 11) is 0. The first kappa shape index (κ1) is 18.0. The lowest BCUT2D eigenvalue weighted by molar-refractivity contribution is -0.147. The predicted molar refractivity (Wildman–Crippen MR) is 88.8 cm³/mol. The Hall–Kier alpha value is -2.31. The summed E-state index contributed by atoms with van der Waals surface area (Å²) in [6, 6.07) is 3.37. The van der Waals surface area contributed by atoms with Gasteiger partial charge in [0, 0.05) is 31.9 Å². The zero-order valence-electron chi connectivity index (χ0n) is 14.4. The third-order valence-electron chi connectivity index (χ3n) is 4.42. The normalized spacial score (nSPS) is 21.4. The Morgan fingerprint density at radius 1 is 1.54 bits per heavy atom. The molecular weight excluding hydrogens is 310 g/mol. The molecule has 1 aromatic heterocycles. The molecule has 1 saturated heterocycles. The van der Waals surface area contributed by atoms with Crippen LogP contribution >= 0.6 is 0 Å². The van der Waals surface area contributed by atoms with Gasteiger partial charge in [0.2, 0.25) is 5.88 Å². The molecule has 0 radical (unpaired) electrons. The molecule has 7 nitrogen and oxygen atoms in total. The molecule has 24 heavy (non-hydrogen) atoms. The van der Waals surface area contributed by atoms with Gasteiger partial charge in [0.1, 0.15) is 0 Å². The Balaban J connectivity index is 1.88. The molecule has 2 unspecified atom stereocenters. The number of aromatic nitrogens is 1. The third-order valence-corrected chi connectivity index (χ3v) is 4.42. The van der Waals surface area contributed by atoms with Gasteiger partial charge in [-0.15, -0.1) is 0 Å². The monoisotopic (exact) mass is 335 g/mol. The number of nitrogens with zero attached hydrogens (tertiary/aromatic N) is 2. The van der Waals surface area contributed by atoms with Crippen LogP contribution < -0.4 is 10.1 Å². The fourth-order valence-electron chi connectivity index (χ4n) is 2.51. The molecule has 2 rings (SSSR count). The number of carboxylic acids is 1. The Morgan fingerprint density at radius 3 is 2.92 bits per heavy atom. The summed E-state index contributed by atoms with van der Waals surface area (Å²) in [5, 5.41) is 12.0. The highest BCUT2D eigenvalue weighted by molar-refractivity contribution is 5.79. The molecule has 7 heteroatoms. The molecule has 2 heterocycles. The standard InChI is InChI=1S/C17H25N3O4/c1-4-12(2)24-14-9-13(5-7-18-14)10-19-16(23)20-8-6-17(3,11-20)15(21)22/h5,7,9,12H,4,6,8,10-11H2,1-3H3,(H,19,23)(H,21,22). The Bertz CT molecular complexity index is 607. The second kappa shape index (κ2) is 7.51. The van der Waals surface area contributed by atoms with Crippen molar-refractivity contribution in [2.45, 2.75) is 46.3 Å². The van der Waals surface area contributed by atoms with Gasteiger partial charge >= 0.3 is 12.0 Å². The lowest BCUT2D eigenvalue weighted by Crippen LogP contribution is -2.40. The van der Waals surface area contributed by atoms with Crippen molar-refractivity contribution in [1.29, 1.82) is 0 Å². The number of rotatable bonds is 6. The molecule has 2 N–H and O–H groups in total.